The van der Waals surface area contributed by atoms with Crippen molar-refractivity contribution in [3.8, 4) is 16.9 Å². The van der Waals surface area contributed by atoms with Crippen molar-refractivity contribution in [2.24, 2.45) is 0 Å². The van der Waals surface area contributed by atoms with E-state index in [1.807, 2.05) is 0 Å². The average Bonchev–Trinajstić information content (AvgIpc) is 2.33. The van der Waals surface area contributed by atoms with Crippen molar-refractivity contribution >= 4 is 5.69 Å². The predicted molar refractivity (Wildman–Crippen MR) is 62.8 cm³/mol. The van der Waals surface area contributed by atoms with E-state index in [-0.39, 0.29) is 0 Å². The molecule has 0 unspecified atom stereocenters. The van der Waals surface area contributed by atoms with Gasteiger partial charge >= 0.3 is 0 Å². The fourth-order valence-corrected chi connectivity index (χ4v) is 1.57. The lowest BCUT2D eigenvalue weighted by Crippen LogP contribution is -1.93. The van der Waals surface area contributed by atoms with Crippen LogP contribution in [0, 0.1) is 11.6 Å². The molecule has 0 amide bonds. The largest absolute Gasteiger partial charge is 0.495 e. The molecule has 0 fully saturated rings. The number of anilines is 1. The zero-order chi connectivity index (χ0) is 12.4. The Hall–Kier alpha value is -2.10. The van der Waals surface area contributed by atoms with Crippen LogP contribution in [0.2, 0.25) is 0 Å². The topological polar surface area (TPSA) is 35.2 Å². The Bertz CT molecular complexity index is 555. The molecule has 4 heteroatoms. The van der Waals surface area contributed by atoms with Crippen molar-refractivity contribution in [3.63, 3.8) is 0 Å². The summed E-state index contributed by atoms with van der Waals surface area (Å²) >= 11 is 0. The minimum atomic E-state index is -0.877. The first kappa shape index (κ1) is 11.4. The summed E-state index contributed by atoms with van der Waals surface area (Å²) in [5, 5.41) is 0. The molecule has 0 atom stereocenters. The second kappa shape index (κ2) is 4.41. The summed E-state index contributed by atoms with van der Waals surface area (Å²) in [6, 6.07) is 8.80. The Kier molecular flexibility index (Phi) is 2.95. The molecule has 0 saturated heterocycles. The highest BCUT2D eigenvalue weighted by Crippen LogP contribution is 2.29. The predicted octanol–water partition coefficient (Wildman–Crippen LogP) is 3.22. The van der Waals surface area contributed by atoms with Gasteiger partial charge in [-0.05, 0) is 35.4 Å². The molecular formula is C13H11F2NO. The molecule has 17 heavy (non-hydrogen) atoms. The number of nitrogens with two attached hydrogens (primary N) is 1. The number of rotatable bonds is 2. The molecule has 2 aromatic rings. The van der Waals surface area contributed by atoms with Crippen LogP contribution in [0.1, 0.15) is 0 Å². The molecule has 88 valence electrons. The quantitative estimate of drug-likeness (QED) is 0.811. The van der Waals surface area contributed by atoms with Crippen LogP contribution in [0.4, 0.5) is 14.5 Å². The fourth-order valence-electron chi connectivity index (χ4n) is 1.57. The van der Waals surface area contributed by atoms with Crippen LogP contribution >= 0.6 is 0 Å². The number of nitrogen functional groups attached to an aromatic ring is 1. The van der Waals surface area contributed by atoms with E-state index in [1.165, 1.54) is 13.2 Å². The van der Waals surface area contributed by atoms with Crippen LogP contribution < -0.4 is 10.5 Å². The third-order valence-electron chi connectivity index (χ3n) is 2.49. The van der Waals surface area contributed by atoms with E-state index >= 15 is 0 Å². The standard InChI is InChI=1S/C13H11F2NO/c1-17-13-7-9(3-5-12(13)16)8-2-4-10(14)11(15)6-8/h2-7H,16H2,1H3. The number of methoxy groups -OCH3 is 1. The molecule has 2 aromatic carbocycles. The van der Waals surface area contributed by atoms with Crippen LogP contribution in [0.3, 0.4) is 0 Å². The van der Waals surface area contributed by atoms with Gasteiger partial charge in [-0.1, -0.05) is 12.1 Å². The second-order valence-corrected chi connectivity index (χ2v) is 3.59. The van der Waals surface area contributed by atoms with Gasteiger partial charge < -0.3 is 10.5 Å². The molecule has 0 radical (unpaired) electrons. The van der Waals surface area contributed by atoms with Gasteiger partial charge in [-0.25, -0.2) is 8.78 Å². The van der Waals surface area contributed by atoms with E-state index in [1.54, 1.807) is 18.2 Å². The van der Waals surface area contributed by atoms with Crippen molar-refractivity contribution in [2.45, 2.75) is 0 Å². The van der Waals surface area contributed by atoms with E-state index in [9.17, 15) is 8.78 Å². The third kappa shape index (κ3) is 2.20. The van der Waals surface area contributed by atoms with Gasteiger partial charge in [0.25, 0.3) is 0 Å². The lowest BCUT2D eigenvalue weighted by molar-refractivity contribution is 0.417. The third-order valence-corrected chi connectivity index (χ3v) is 2.49. The van der Waals surface area contributed by atoms with Gasteiger partial charge in [-0.3, -0.25) is 0 Å². The van der Waals surface area contributed by atoms with Gasteiger partial charge in [-0.15, -0.1) is 0 Å². The Labute approximate surface area is 97.6 Å². The van der Waals surface area contributed by atoms with Gasteiger partial charge in [0, 0.05) is 0 Å². The van der Waals surface area contributed by atoms with E-state index in [2.05, 4.69) is 0 Å². The summed E-state index contributed by atoms with van der Waals surface area (Å²) in [4.78, 5) is 0. The second-order valence-electron chi connectivity index (χ2n) is 3.59. The van der Waals surface area contributed by atoms with Crippen molar-refractivity contribution < 1.29 is 13.5 Å². The van der Waals surface area contributed by atoms with E-state index < -0.39 is 11.6 Å². The highest BCUT2D eigenvalue weighted by Gasteiger charge is 2.06. The van der Waals surface area contributed by atoms with Gasteiger partial charge in [0.1, 0.15) is 5.75 Å². The molecule has 0 aliphatic carbocycles. The lowest BCUT2D eigenvalue weighted by atomic mass is 10.0. The Balaban J connectivity index is 2.49. The first-order valence-electron chi connectivity index (χ1n) is 5.01. The molecule has 2 rings (SSSR count). The first-order chi connectivity index (χ1) is 8.11. The normalized spacial score (nSPS) is 10.3. The summed E-state index contributed by atoms with van der Waals surface area (Å²) in [6.45, 7) is 0. The Morgan fingerprint density at radius 3 is 2.24 bits per heavy atom. The molecule has 0 bridgehead atoms. The van der Waals surface area contributed by atoms with Crippen LogP contribution in [-0.2, 0) is 0 Å². The van der Waals surface area contributed by atoms with Crippen molar-refractivity contribution in [2.75, 3.05) is 12.8 Å². The molecular weight excluding hydrogens is 224 g/mol. The number of halogens is 2. The number of benzene rings is 2. The molecule has 2 nitrogen and oxygen atoms in total. The monoisotopic (exact) mass is 235 g/mol. The van der Waals surface area contributed by atoms with Gasteiger partial charge in [0.05, 0.1) is 12.8 Å². The lowest BCUT2D eigenvalue weighted by Gasteiger charge is -2.08. The van der Waals surface area contributed by atoms with Gasteiger partial charge in [0.2, 0.25) is 0 Å². The van der Waals surface area contributed by atoms with Crippen LogP contribution in [0.15, 0.2) is 36.4 Å². The minimum Gasteiger partial charge on any atom is -0.495 e. The maximum Gasteiger partial charge on any atom is 0.159 e. The maximum absolute atomic E-state index is 13.1. The van der Waals surface area contributed by atoms with Crippen molar-refractivity contribution in [1.29, 1.82) is 0 Å². The summed E-state index contributed by atoms with van der Waals surface area (Å²) in [7, 11) is 1.50. The zero-order valence-electron chi connectivity index (χ0n) is 9.21. The van der Waals surface area contributed by atoms with Crippen LogP contribution in [0.5, 0.6) is 5.75 Å². The molecule has 0 spiro atoms. The summed E-state index contributed by atoms with van der Waals surface area (Å²) in [5.41, 5.74) is 7.46. The molecule has 2 N–H and O–H groups in total. The smallest absolute Gasteiger partial charge is 0.159 e. The summed E-state index contributed by atoms with van der Waals surface area (Å²) in [5.74, 6) is -1.23. The molecule has 0 aromatic heterocycles. The zero-order valence-corrected chi connectivity index (χ0v) is 9.21. The van der Waals surface area contributed by atoms with Gasteiger partial charge in [0.15, 0.2) is 11.6 Å². The van der Waals surface area contributed by atoms with E-state index in [0.717, 1.165) is 17.7 Å². The highest BCUT2D eigenvalue weighted by atomic mass is 19.2. The maximum atomic E-state index is 13.1. The highest BCUT2D eigenvalue weighted by molar-refractivity contribution is 5.69. The molecule has 0 aliphatic rings. The number of hydrogen-bond acceptors (Lipinski definition) is 2. The minimum absolute atomic E-state index is 0.499. The van der Waals surface area contributed by atoms with Gasteiger partial charge in [-0.2, -0.15) is 0 Å². The van der Waals surface area contributed by atoms with Crippen LogP contribution in [-0.4, -0.2) is 7.11 Å². The Morgan fingerprint density at radius 2 is 1.59 bits per heavy atom. The molecule has 0 saturated carbocycles. The summed E-state index contributed by atoms with van der Waals surface area (Å²) in [6.07, 6.45) is 0. The Morgan fingerprint density at radius 1 is 0.941 bits per heavy atom. The van der Waals surface area contributed by atoms with Crippen molar-refractivity contribution in [1.82, 2.24) is 0 Å². The van der Waals surface area contributed by atoms with E-state index in [4.69, 9.17) is 10.5 Å². The van der Waals surface area contributed by atoms with Crippen molar-refractivity contribution in [3.05, 3.63) is 48.0 Å². The van der Waals surface area contributed by atoms with E-state index in [0.29, 0.717) is 17.0 Å². The molecule has 0 heterocycles. The SMILES string of the molecule is COc1cc(-c2ccc(F)c(F)c2)ccc1N. The molecule has 0 aliphatic heterocycles. The number of ether oxygens (including phenoxy) is 1. The average molecular weight is 235 g/mol. The summed E-state index contributed by atoms with van der Waals surface area (Å²) < 4.78 is 31.0. The fraction of sp³-hybridized carbons (Fsp3) is 0.0769. The first-order valence-corrected chi connectivity index (χ1v) is 5.01. The number of hydrogen-bond donors (Lipinski definition) is 1. The van der Waals surface area contributed by atoms with Crippen LogP contribution in [0.25, 0.3) is 11.1 Å².